The molecule has 0 bridgehead atoms. The maximum Gasteiger partial charge on any atom is 0.0516 e. The summed E-state index contributed by atoms with van der Waals surface area (Å²) in [5, 5.41) is 3.78. The molecule has 0 saturated heterocycles. The van der Waals surface area contributed by atoms with Crippen LogP contribution in [-0.4, -0.2) is 6.54 Å². The van der Waals surface area contributed by atoms with Gasteiger partial charge in [-0.25, -0.2) is 0 Å². The fraction of sp³-hybridized carbons (Fsp3) is 0.200. The summed E-state index contributed by atoms with van der Waals surface area (Å²) < 4.78 is 1.04. The van der Waals surface area contributed by atoms with Crippen LogP contribution in [0.4, 0.5) is 5.69 Å². The minimum Gasteiger partial charge on any atom is -0.380 e. The fourth-order valence-corrected chi connectivity index (χ4v) is 1.51. The van der Waals surface area contributed by atoms with Gasteiger partial charge in [-0.05, 0) is 24.6 Å². The molecule has 0 aromatic heterocycles. The first-order valence-corrected chi connectivity index (χ1v) is 5.69. The smallest absolute Gasteiger partial charge is 0.0516 e. The van der Waals surface area contributed by atoms with E-state index in [1.807, 2.05) is 25.1 Å². The summed E-state index contributed by atoms with van der Waals surface area (Å²) in [6.45, 7) is 2.58. The van der Waals surface area contributed by atoms with Gasteiger partial charge in [0.05, 0.1) is 6.54 Å². The summed E-state index contributed by atoms with van der Waals surface area (Å²) in [7, 11) is 0. The first-order valence-electron chi connectivity index (χ1n) is 4.08. The van der Waals surface area contributed by atoms with Gasteiger partial charge in [-0.1, -0.05) is 45.2 Å². The van der Waals surface area contributed by atoms with Gasteiger partial charge in [-0.15, -0.1) is 0 Å². The summed E-state index contributed by atoms with van der Waals surface area (Å²) in [5.41, 5.74) is 3.59. The Hall–Kier alpha value is -0.180. The van der Waals surface area contributed by atoms with Crippen LogP contribution in [-0.2, 0) is 0 Å². The summed E-state index contributed by atoms with van der Waals surface area (Å²) in [4.78, 5) is 0. The lowest BCUT2D eigenvalue weighted by molar-refractivity contribution is 1.28. The van der Waals surface area contributed by atoms with E-state index in [-0.39, 0.29) is 0 Å². The normalized spacial score (nSPS) is 11.6. The summed E-state index contributed by atoms with van der Waals surface area (Å²) >= 11 is 14.6. The largest absolute Gasteiger partial charge is 0.380 e. The average Bonchev–Trinajstić information content (AvgIpc) is 2.19. The zero-order valence-electron chi connectivity index (χ0n) is 7.65. The highest BCUT2D eigenvalue weighted by atomic mass is 79.9. The molecule has 14 heavy (non-hydrogen) atoms. The quantitative estimate of drug-likeness (QED) is 0.866. The van der Waals surface area contributed by atoms with E-state index in [1.165, 1.54) is 11.1 Å². The number of rotatable bonds is 3. The Morgan fingerprint density at radius 1 is 1.57 bits per heavy atom. The number of hydrogen-bond acceptors (Lipinski definition) is 1. The van der Waals surface area contributed by atoms with E-state index in [0.717, 1.165) is 10.2 Å². The van der Waals surface area contributed by atoms with Crippen molar-refractivity contribution in [1.29, 1.82) is 0 Å². The summed E-state index contributed by atoms with van der Waals surface area (Å²) in [6.07, 6.45) is 0. The van der Waals surface area contributed by atoms with Gasteiger partial charge in [-0.3, -0.25) is 0 Å². The zero-order valence-corrected chi connectivity index (χ0v) is 10.7. The van der Waals surface area contributed by atoms with Crippen molar-refractivity contribution < 1.29 is 0 Å². The Balaban J connectivity index is 2.71. The van der Waals surface area contributed by atoms with E-state index in [0.29, 0.717) is 11.6 Å². The lowest BCUT2D eigenvalue weighted by Gasteiger charge is -2.08. The molecule has 1 N–H and O–H groups in total. The van der Waals surface area contributed by atoms with E-state index >= 15 is 0 Å². The van der Waals surface area contributed by atoms with Crippen molar-refractivity contribution in [3.8, 4) is 0 Å². The van der Waals surface area contributed by atoms with Crippen LogP contribution in [0, 0.1) is 6.92 Å². The average molecular weight is 295 g/mol. The lowest BCUT2D eigenvalue weighted by Crippen LogP contribution is -2.02. The van der Waals surface area contributed by atoms with Crippen molar-refractivity contribution in [1.82, 2.24) is 0 Å². The van der Waals surface area contributed by atoms with Gasteiger partial charge in [0.1, 0.15) is 0 Å². The van der Waals surface area contributed by atoms with E-state index in [4.69, 9.17) is 23.2 Å². The molecule has 0 spiro atoms. The third kappa shape index (κ3) is 3.52. The van der Waals surface area contributed by atoms with Gasteiger partial charge in [0, 0.05) is 20.7 Å². The highest BCUT2D eigenvalue weighted by Crippen LogP contribution is 2.21. The van der Waals surface area contributed by atoms with Crippen LogP contribution in [0.5, 0.6) is 0 Å². The number of hydrogen-bond donors (Lipinski definition) is 1. The molecule has 0 fully saturated rings. The van der Waals surface area contributed by atoms with Crippen LogP contribution in [0.25, 0.3) is 0 Å². The van der Waals surface area contributed by atoms with Crippen molar-refractivity contribution in [2.75, 3.05) is 11.9 Å². The van der Waals surface area contributed by atoms with Crippen LogP contribution in [0.2, 0.25) is 0 Å². The van der Waals surface area contributed by atoms with Crippen LogP contribution in [0.1, 0.15) is 5.56 Å². The maximum absolute atomic E-state index is 5.76. The number of benzene rings is 1. The fourth-order valence-electron chi connectivity index (χ4n) is 1.00. The molecule has 1 nitrogen and oxygen atoms in total. The molecule has 1 aromatic rings. The highest BCUT2D eigenvalue weighted by molar-refractivity contribution is 9.10. The summed E-state index contributed by atoms with van der Waals surface area (Å²) in [6, 6.07) is 6.04. The zero-order chi connectivity index (χ0) is 10.6. The Bertz CT molecular complexity index is 350. The van der Waals surface area contributed by atoms with Crippen LogP contribution < -0.4 is 5.32 Å². The molecule has 0 aliphatic rings. The lowest BCUT2D eigenvalue weighted by atomic mass is 10.2. The predicted octanol–water partition coefficient (Wildman–Crippen LogP) is 4.49. The van der Waals surface area contributed by atoms with Gasteiger partial charge in [0.15, 0.2) is 0 Å². The van der Waals surface area contributed by atoms with Gasteiger partial charge in [0.25, 0.3) is 0 Å². The van der Waals surface area contributed by atoms with Crippen molar-refractivity contribution in [2.45, 2.75) is 6.92 Å². The third-order valence-corrected chi connectivity index (χ3v) is 2.88. The molecule has 0 aliphatic heterocycles. The Kier molecular flexibility index (Phi) is 4.79. The minimum absolute atomic E-state index is 0.544. The molecule has 0 amide bonds. The molecular formula is C10H10BrCl2N. The minimum atomic E-state index is 0.544. The Labute approximate surface area is 102 Å². The van der Waals surface area contributed by atoms with Crippen molar-refractivity contribution in [3.63, 3.8) is 0 Å². The second-order valence-corrected chi connectivity index (χ2v) is 4.49. The van der Waals surface area contributed by atoms with Gasteiger partial charge >= 0.3 is 0 Å². The molecule has 0 aliphatic carbocycles. The number of aryl methyl sites for hydroxylation is 1. The van der Waals surface area contributed by atoms with E-state index < -0.39 is 0 Å². The first-order chi connectivity index (χ1) is 6.63. The van der Waals surface area contributed by atoms with Crippen LogP contribution in [0.3, 0.4) is 0 Å². The van der Waals surface area contributed by atoms with Gasteiger partial charge in [-0.2, -0.15) is 0 Å². The predicted molar refractivity (Wildman–Crippen MR) is 67.2 cm³/mol. The molecule has 1 aromatic carbocycles. The standard InChI is InChI=1S/C10H10BrCl2N/c1-7-2-3-8(11)4-10(7)14-6-9(13)5-12/h2-5,14H,6H2,1H3. The highest BCUT2D eigenvalue weighted by Gasteiger charge is 1.99. The van der Waals surface area contributed by atoms with Crippen LogP contribution in [0.15, 0.2) is 33.2 Å². The molecule has 0 unspecified atom stereocenters. The first kappa shape index (κ1) is 11.9. The molecule has 0 saturated carbocycles. The number of nitrogens with one attached hydrogen (secondary N) is 1. The van der Waals surface area contributed by atoms with E-state index in [2.05, 4.69) is 21.2 Å². The van der Waals surface area contributed by atoms with Crippen molar-refractivity contribution in [3.05, 3.63) is 38.8 Å². The third-order valence-electron chi connectivity index (χ3n) is 1.77. The van der Waals surface area contributed by atoms with E-state index in [9.17, 15) is 0 Å². The second-order valence-electron chi connectivity index (χ2n) is 2.87. The second kappa shape index (κ2) is 5.64. The number of anilines is 1. The topological polar surface area (TPSA) is 12.0 Å². The Morgan fingerprint density at radius 2 is 2.29 bits per heavy atom. The number of halogens is 3. The molecule has 1 rings (SSSR count). The molecule has 0 heterocycles. The SMILES string of the molecule is Cc1ccc(Br)cc1NCC(Cl)=CCl. The monoisotopic (exact) mass is 293 g/mol. The molecule has 0 radical (unpaired) electrons. The maximum atomic E-state index is 5.76. The molecule has 76 valence electrons. The van der Waals surface area contributed by atoms with Gasteiger partial charge < -0.3 is 5.32 Å². The van der Waals surface area contributed by atoms with Gasteiger partial charge in [0.2, 0.25) is 0 Å². The van der Waals surface area contributed by atoms with E-state index in [1.54, 1.807) is 0 Å². The molecule has 0 atom stereocenters. The van der Waals surface area contributed by atoms with Crippen molar-refractivity contribution in [2.24, 2.45) is 0 Å². The summed E-state index contributed by atoms with van der Waals surface area (Å²) in [5.74, 6) is 0. The molecule has 4 heteroatoms. The molecular weight excluding hydrogens is 285 g/mol. The van der Waals surface area contributed by atoms with Crippen molar-refractivity contribution >= 4 is 44.8 Å². The van der Waals surface area contributed by atoms with Crippen LogP contribution >= 0.6 is 39.1 Å². The Morgan fingerprint density at radius 3 is 2.93 bits per heavy atom.